The Morgan fingerprint density at radius 1 is 0.947 bits per heavy atom. The Hall–Kier alpha value is -1.84. The first-order valence-electron chi connectivity index (χ1n) is 6.34. The summed E-state index contributed by atoms with van der Waals surface area (Å²) in [5.74, 6) is 1.61. The molecule has 1 aliphatic rings. The molecule has 0 bridgehead atoms. The smallest absolute Gasteiger partial charge is 0.127 e. The summed E-state index contributed by atoms with van der Waals surface area (Å²) in [6.07, 6.45) is 0. The summed E-state index contributed by atoms with van der Waals surface area (Å²) in [6.45, 7) is 1.29. The molecule has 2 aromatic rings. The quantitative estimate of drug-likeness (QED) is 0.914. The van der Waals surface area contributed by atoms with E-state index in [-0.39, 0.29) is 12.0 Å². The number of aliphatic hydroxyl groups excluding tert-OH is 1. The van der Waals surface area contributed by atoms with E-state index in [2.05, 4.69) is 0 Å². The Morgan fingerprint density at radius 2 is 1.58 bits per heavy atom. The second-order valence-corrected chi connectivity index (χ2v) is 4.87. The van der Waals surface area contributed by atoms with Gasteiger partial charge in [-0.3, -0.25) is 0 Å². The Labute approximate surface area is 112 Å². The summed E-state index contributed by atoms with van der Waals surface area (Å²) in [5.41, 5.74) is 0.882. The van der Waals surface area contributed by atoms with Gasteiger partial charge < -0.3 is 14.6 Å². The topological polar surface area (TPSA) is 38.7 Å². The maximum atomic E-state index is 9.48. The Kier molecular flexibility index (Phi) is 3.23. The molecule has 0 amide bonds. The lowest BCUT2D eigenvalue weighted by atomic mass is 9.79. The van der Waals surface area contributed by atoms with Gasteiger partial charge in [0.1, 0.15) is 11.5 Å². The number of hydrogen-bond donors (Lipinski definition) is 1. The van der Waals surface area contributed by atoms with Crippen molar-refractivity contribution in [1.82, 2.24) is 0 Å². The molecule has 0 aliphatic carbocycles. The van der Waals surface area contributed by atoms with E-state index in [9.17, 15) is 5.11 Å². The van der Waals surface area contributed by atoms with Crippen molar-refractivity contribution in [2.45, 2.75) is 5.41 Å². The highest BCUT2D eigenvalue weighted by Crippen LogP contribution is 2.33. The predicted octanol–water partition coefficient (Wildman–Crippen LogP) is 2.74. The van der Waals surface area contributed by atoms with E-state index < -0.39 is 0 Å². The van der Waals surface area contributed by atoms with Crippen molar-refractivity contribution in [1.29, 1.82) is 0 Å². The maximum Gasteiger partial charge on any atom is 0.127 e. The molecule has 98 valence electrons. The number of ether oxygens (including phenoxy) is 2. The molecule has 0 radical (unpaired) electrons. The van der Waals surface area contributed by atoms with Crippen LogP contribution < -0.4 is 4.74 Å². The first-order chi connectivity index (χ1) is 9.32. The SMILES string of the molecule is OCC1(c2ccc(Oc3ccccc3)cc2)COC1. The first kappa shape index (κ1) is 12.2. The fourth-order valence-corrected chi connectivity index (χ4v) is 2.20. The van der Waals surface area contributed by atoms with Gasteiger partial charge in [0.25, 0.3) is 0 Å². The zero-order valence-corrected chi connectivity index (χ0v) is 10.6. The van der Waals surface area contributed by atoms with Crippen LogP contribution in [-0.2, 0) is 10.2 Å². The van der Waals surface area contributed by atoms with Crippen molar-refractivity contribution in [3.8, 4) is 11.5 Å². The Bertz CT molecular complexity index is 524. The van der Waals surface area contributed by atoms with Gasteiger partial charge in [-0.25, -0.2) is 0 Å². The summed E-state index contributed by atoms with van der Waals surface area (Å²) < 4.78 is 11.0. The minimum atomic E-state index is -0.217. The highest BCUT2D eigenvalue weighted by Gasteiger charge is 2.39. The van der Waals surface area contributed by atoms with Crippen LogP contribution in [0.1, 0.15) is 5.56 Å². The minimum absolute atomic E-state index is 0.117. The van der Waals surface area contributed by atoms with Crippen molar-refractivity contribution in [3.63, 3.8) is 0 Å². The van der Waals surface area contributed by atoms with Crippen LogP contribution in [0.5, 0.6) is 11.5 Å². The lowest BCUT2D eigenvalue weighted by Crippen LogP contribution is -2.49. The largest absolute Gasteiger partial charge is 0.457 e. The van der Waals surface area contributed by atoms with E-state index >= 15 is 0 Å². The molecule has 3 rings (SSSR count). The summed E-state index contributed by atoms with van der Waals surface area (Å²) in [6, 6.07) is 17.5. The lowest BCUT2D eigenvalue weighted by molar-refractivity contribution is -0.0841. The van der Waals surface area contributed by atoms with E-state index in [0.717, 1.165) is 17.1 Å². The third-order valence-electron chi connectivity index (χ3n) is 3.50. The lowest BCUT2D eigenvalue weighted by Gasteiger charge is -2.40. The number of rotatable bonds is 4. The van der Waals surface area contributed by atoms with Crippen LogP contribution >= 0.6 is 0 Å². The Balaban J connectivity index is 1.76. The normalized spacial score (nSPS) is 16.7. The van der Waals surface area contributed by atoms with Crippen LogP contribution in [0.4, 0.5) is 0 Å². The molecule has 1 fully saturated rings. The van der Waals surface area contributed by atoms with Gasteiger partial charge >= 0.3 is 0 Å². The molecular formula is C16H16O3. The third-order valence-corrected chi connectivity index (χ3v) is 3.50. The van der Waals surface area contributed by atoms with Crippen LogP contribution in [0, 0.1) is 0 Å². The summed E-state index contributed by atoms with van der Waals surface area (Å²) in [5, 5.41) is 9.48. The number of aliphatic hydroxyl groups is 1. The van der Waals surface area contributed by atoms with Crippen molar-refractivity contribution < 1.29 is 14.6 Å². The maximum absolute atomic E-state index is 9.48. The Morgan fingerprint density at radius 3 is 2.11 bits per heavy atom. The van der Waals surface area contributed by atoms with Gasteiger partial charge in [0, 0.05) is 0 Å². The van der Waals surface area contributed by atoms with Crippen LogP contribution in [0.2, 0.25) is 0 Å². The van der Waals surface area contributed by atoms with Crippen LogP contribution in [0.3, 0.4) is 0 Å². The van der Waals surface area contributed by atoms with Gasteiger partial charge in [0.05, 0.1) is 25.2 Å². The number of benzene rings is 2. The minimum Gasteiger partial charge on any atom is -0.457 e. The fourth-order valence-electron chi connectivity index (χ4n) is 2.20. The van der Waals surface area contributed by atoms with Gasteiger partial charge in [-0.05, 0) is 29.8 Å². The monoisotopic (exact) mass is 256 g/mol. The molecule has 1 saturated heterocycles. The third kappa shape index (κ3) is 2.35. The molecule has 19 heavy (non-hydrogen) atoms. The number of para-hydroxylation sites is 1. The molecule has 0 aromatic heterocycles. The van der Waals surface area contributed by atoms with Gasteiger partial charge in [0.2, 0.25) is 0 Å². The average molecular weight is 256 g/mol. The predicted molar refractivity (Wildman–Crippen MR) is 72.5 cm³/mol. The van der Waals surface area contributed by atoms with Gasteiger partial charge in [-0.15, -0.1) is 0 Å². The molecule has 0 saturated carbocycles. The second kappa shape index (κ2) is 5.03. The van der Waals surface area contributed by atoms with E-state index in [4.69, 9.17) is 9.47 Å². The summed E-state index contributed by atoms with van der Waals surface area (Å²) >= 11 is 0. The highest BCUT2D eigenvalue weighted by molar-refractivity contribution is 5.36. The molecule has 2 aromatic carbocycles. The van der Waals surface area contributed by atoms with Crippen molar-refractivity contribution in [2.75, 3.05) is 19.8 Å². The van der Waals surface area contributed by atoms with Gasteiger partial charge in [0.15, 0.2) is 0 Å². The van der Waals surface area contributed by atoms with Crippen LogP contribution in [0.25, 0.3) is 0 Å². The van der Waals surface area contributed by atoms with Crippen molar-refractivity contribution >= 4 is 0 Å². The molecule has 3 nitrogen and oxygen atoms in total. The average Bonchev–Trinajstić information content (AvgIpc) is 2.41. The van der Waals surface area contributed by atoms with E-state index in [1.165, 1.54) is 0 Å². The van der Waals surface area contributed by atoms with Crippen molar-refractivity contribution in [3.05, 3.63) is 60.2 Å². The molecule has 1 N–H and O–H groups in total. The van der Waals surface area contributed by atoms with Gasteiger partial charge in [-0.1, -0.05) is 30.3 Å². The molecule has 3 heteroatoms. The van der Waals surface area contributed by atoms with E-state index in [0.29, 0.717) is 13.2 Å². The van der Waals surface area contributed by atoms with Crippen LogP contribution in [0.15, 0.2) is 54.6 Å². The van der Waals surface area contributed by atoms with Crippen molar-refractivity contribution in [2.24, 2.45) is 0 Å². The standard InChI is InChI=1S/C16H16O3/c17-10-16(11-18-12-16)13-6-8-15(9-7-13)19-14-4-2-1-3-5-14/h1-9,17H,10-12H2. The first-order valence-corrected chi connectivity index (χ1v) is 6.34. The molecule has 1 aliphatic heterocycles. The van der Waals surface area contributed by atoms with E-state index in [1.807, 2.05) is 54.6 Å². The molecule has 0 spiro atoms. The highest BCUT2D eigenvalue weighted by atomic mass is 16.5. The molecule has 1 heterocycles. The van der Waals surface area contributed by atoms with E-state index in [1.54, 1.807) is 0 Å². The van der Waals surface area contributed by atoms with Gasteiger partial charge in [-0.2, -0.15) is 0 Å². The van der Waals surface area contributed by atoms with Crippen LogP contribution in [-0.4, -0.2) is 24.9 Å². The molecule has 0 atom stereocenters. The fraction of sp³-hybridized carbons (Fsp3) is 0.250. The zero-order chi connectivity index (χ0) is 13.1. The molecular weight excluding hydrogens is 240 g/mol. The zero-order valence-electron chi connectivity index (χ0n) is 10.6. The number of hydrogen-bond acceptors (Lipinski definition) is 3. The summed E-state index contributed by atoms with van der Waals surface area (Å²) in [7, 11) is 0. The second-order valence-electron chi connectivity index (χ2n) is 4.87. The molecule has 0 unspecified atom stereocenters. The summed E-state index contributed by atoms with van der Waals surface area (Å²) in [4.78, 5) is 0.